The number of allylic oxidation sites excluding steroid dienone is 3. The van der Waals surface area contributed by atoms with Gasteiger partial charge in [0.25, 0.3) is 0 Å². The van der Waals surface area contributed by atoms with Crippen LogP contribution in [0.1, 0.15) is 105 Å². The van der Waals surface area contributed by atoms with Crippen LogP contribution in [-0.4, -0.2) is 178 Å². The molecular weight excluding hydrogens is 1040 g/mol. The van der Waals surface area contributed by atoms with E-state index in [1.54, 1.807) is 20.9 Å². The number of hydrogen-bond donors (Lipinski definition) is 3. The molecule has 0 aliphatic carbocycles. The second-order valence-corrected chi connectivity index (χ2v) is 21.5. The highest BCUT2D eigenvalue weighted by molar-refractivity contribution is 8.00. The number of ether oxygens (including phenoxy) is 8. The van der Waals surface area contributed by atoms with Gasteiger partial charge in [0.1, 0.15) is 29.3 Å². The lowest BCUT2D eigenvalue weighted by Gasteiger charge is -2.41. The van der Waals surface area contributed by atoms with Crippen LogP contribution in [0.3, 0.4) is 0 Å². The minimum Gasteiger partial charge on any atom is -0.457 e. The fraction of sp³-hybridized carbons (Fsp3) is 0.691. The highest BCUT2D eigenvalue weighted by atomic mass is 35.5. The number of benzene rings is 1. The number of nitrogens with zero attached hydrogens (tertiary/aromatic N) is 2. The molecule has 1 aromatic carbocycles. The first-order valence-corrected chi connectivity index (χ1v) is 28.2. The highest BCUT2D eigenvalue weighted by Crippen LogP contribution is 2.49. The maximum absolute atomic E-state index is 14.1. The van der Waals surface area contributed by atoms with Crippen molar-refractivity contribution in [3.8, 4) is 0 Å². The fourth-order valence-corrected chi connectivity index (χ4v) is 10.2. The number of rotatable bonds is 25. The van der Waals surface area contributed by atoms with Gasteiger partial charge in [-0.05, 0) is 65.2 Å². The number of thioether (sulfide) groups is 1. The lowest BCUT2D eigenvalue weighted by atomic mass is 9.82. The van der Waals surface area contributed by atoms with E-state index >= 15 is 0 Å². The summed E-state index contributed by atoms with van der Waals surface area (Å²) in [6.07, 6.45) is 2.88. The molecule has 3 N–H and O–H groups in total. The van der Waals surface area contributed by atoms with Gasteiger partial charge in [0, 0.05) is 76.4 Å². The van der Waals surface area contributed by atoms with E-state index in [-0.39, 0.29) is 81.5 Å². The molecule has 0 aromatic heterocycles. The summed E-state index contributed by atoms with van der Waals surface area (Å²) >= 11 is 8.09. The van der Waals surface area contributed by atoms with Crippen molar-refractivity contribution < 1.29 is 76.6 Å². The molecule has 3 fully saturated rings. The number of anilines is 1. The molecule has 5 rings (SSSR count). The number of aliphatic hydroxyl groups is 1. The summed E-state index contributed by atoms with van der Waals surface area (Å²) in [5.41, 5.74) is 0.430. The number of epoxide rings is 1. The number of nitrogens with one attached hydrogen (secondary N) is 2. The Kier molecular flexibility index (Phi) is 27.0. The molecule has 4 bridgehead atoms. The number of halogens is 1. The van der Waals surface area contributed by atoms with E-state index in [0.717, 1.165) is 28.2 Å². The molecule has 4 aliphatic heterocycles. The molecule has 0 radical (unpaired) electrons. The molecule has 20 nitrogen and oxygen atoms in total. The zero-order chi connectivity index (χ0) is 56.9. The van der Waals surface area contributed by atoms with Crippen molar-refractivity contribution in [1.29, 1.82) is 0 Å². The lowest BCUT2D eigenvalue weighted by molar-refractivity contribution is -0.166. The average molecular weight is 1120 g/mol. The molecule has 432 valence electrons. The molecular formula is C55H83ClN4O16S. The summed E-state index contributed by atoms with van der Waals surface area (Å²) in [5, 5.41) is 16.8. The predicted molar refractivity (Wildman–Crippen MR) is 290 cm³/mol. The lowest BCUT2D eigenvalue weighted by Crippen LogP contribution is -2.60. The van der Waals surface area contributed by atoms with Crippen molar-refractivity contribution in [3.05, 3.63) is 52.1 Å². The number of esters is 1. The second-order valence-electron chi connectivity index (χ2n) is 19.8. The van der Waals surface area contributed by atoms with Crippen molar-refractivity contribution in [2.24, 2.45) is 11.8 Å². The summed E-state index contributed by atoms with van der Waals surface area (Å²) in [6.45, 7) is 20.9. The Morgan fingerprint density at radius 3 is 2.30 bits per heavy atom. The minimum absolute atomic E-state index is 0.0373. The van der Waals surface area contributed by atoms with E-state index in [9.17, 15) is 38.7 Å². The van der Waals surface area contributed by atoms with Crippen LogP contribution in [0.4, 0.5) is 10.5 Å². The van der Waals surface area contributed by atoms with E-state index in [4.69, 9.17) is 49.5 Å². The number of ketones is 1. The van der Waals surface area contributed by atoms with Crippen molar-refractivity contribution in [2.45, 2.75) is 148 Å². The summed E-state index contributed by atoms with van der Waals surface area (Å²) < 4.78 is 45.0. The van der Waals surface area contributed by atoms with Crippen LogP contribution in [0, 0.1) is 18.8 Å². The first-order chi connectivity index (χ1) is 36.6. The topological polar surface area (TPSA) is 247 Å². The number of alkyl carbamates (subject to hydrolysis) is 1. The molecule has 3 saturated heterocycles. The molecule has 5 amide bonds. The van der Waals surface area contributed by atoms with E-state index in [0.29, 0.717) is 75.3 Å². The quantitative estimate of drug-likeness (QED) is 0.0452. The van der Waals surface area contributed by atoms with E-state index in [2.05, 4.69) is 10.6 Å². The Morgan fingerprint density at radius 1 is 0.935 bits per heavy atom. The van der Waals surface area contributed by atoms with Gasteiger partial charge in [0.05, 0.1) is 81.3 Å². The smallest absolute Gasteiger partial charge is 0.409 e. The van der Waals surface area contributed by atoms with Crippen LogP contribution in [0.5, 0.6) is 0 Å². The third-order valence-electron chi connectivity index (χ3n) is 13.8. The van der Waals surface area contributed by atoms with Gasteiger partial charge in [-0.15, -0.1) is 11.8 Å². The van der Waals surface area contributed by atoms with Crippen molar-refractivity contribution in [1.82, 2.24) is 15.5 Å². The van der Waals surface area contributed by atoms with Crippen LogP contribution in [0.25, 0.3) is 0 Å². The molecule has 4 aliphatic rings. The molecule has 77 heavy (non-hydrogen) atoms. The van der Waals surface area contributed by atoms with E-state index in [1.165, 1.54) is 23.6 Å². The van der Waals surface area contributed by atoms with Gasteiger partial charge < -0.3 is 53.2 Å². The third-order valence-corrected chi connectivity index (χ3v) is 15.5. The Bertz CT molecular complexity index is 2230. The predicted octanol–water partition coefficient (Wildman–Crippen LogP) is 5.82. The normalized spacial score (nSPS) is 27.0. The van der Waals surface area contributed by atoms with Crippen LogP contribution in [0.15, 0.2) is 35.9 Å². The zero-order valence-corrected chi connectivity index (χ0v) is 48.2. The molecule has 0 spiro atoms. The summed E-state index contributed by atoms with van der Waals surface area (Å²) in [4.78, 5) is 91.0. The summed E-state index contributed by atoms with van der Waals surface area (Å²) in [6, 6.07) is 3.83. The van der Waals surface area contributed by atoms with E-state index < -0.39 is 64.9 Å². The largest absolute Gasteiger partial charge is 0.457 e. The molecule has 9 atom stereocenters. The van der Waals surface area contributed by atoms with Gasteiger partial charge in [-0.3, -0.25) is 34.2 Å². The fourth-order valence-electron chi connectivity index (χ4n) is 8.95. The number of aryl methyl sites for hydroxylation is 1. The number of fused-ring (bicyclic) bond motifs is 5. The number of carbonyl (C=O) groups is 7. The molecule has 4 heterocycles. The minimum atomic E-state index is -1.62. The maximum atomic E-state index is 14.1. The summed E-state index contributed by atoms with van der Waals surface area (Å²) in [5.74, 6) is -2.23. The van der Waals surface area contributed by atoms with Crippen molar-refractivity contribution in [2.75, 3.05) is 90.3 Å². The summed E-state index contributed by atoms with van der Waals surface area (Å²) in [7, 11) is 1.62. The maximum Gasteiger partial charge on any atom is 0.409 e. The van der Waals surface area contributed by atoms with Gasteiger partial charge in [-0.1, -0.05) is 62.2 Å². The van der Waals surface area contributed by atoms with Crippen LogP contribution >= 0.6 is 23.4 Å². The van der Waals surface area contributed by atoms with Crippen LogP contribution in [-0.2, 0) is 73.1 Å². The van der Waals surface area contributed by atoms with Crippen LogP contribution < -0.4 is 15.5 Å². The van der Waals surface area contributed by atoms with Gasteiger partial charge in [0.2, 0.25) is 23.6 Å². The number of hydrogen-bond acceptors (Lipinski definition) is 17. The molecule has 0 saturated carbocycles. The standard InChI is InChI=1S/C44H61ClN4O12S.C11H22O4/c1-9-46-35(50)13-14-49-37(52)22-33(40(49)53)62-18-17-57-15-16-58-29(6)41(54)60-34-23-36(51)48(8)31-21-30(20-26(3)38(31)45)19-25(2)11-10-12-27(4)44(56)24-32(59-42(55)47-44)28(5)39-43(34,7)61-39;1-3-11(12)5-6-14-9-10-15-8-7-13-4-2/h10-12,20-21,27-29,32-34,39,56H,9,13-19,22-24H2,1-8H3,(H,46,50)(H,47,55);3-10H2,1-2H3/b12-10+,25-11+;/t27-,28-,29+,32?,33?,34+,39+,43+,44+;/m1./s1. The molecule has 22 heteroatoms. The number of likely N-dealkylation sites (tertiary alicyclic amines) is 1. The Balaban J connectivity index is 0.000000740. The molecule has 1 aromatic rings. The Hall–Kier alpha value is -4.45. The monoisotopic (exact) mass is 1120 g/mol. The molecule has 2 unspecified atom stereocenters. The van der Waals surface area contributed by atoms with Gasteiger partial charge in [-0.2, -0.15) is 0 Å². The first kappa shape index (κ1) is 65.1. The first-order valence-electron chi connectivity index (χ1n) is 26.7. The second kappa shape index (κ2) is 32.0. The number of imide groups is 1. The van der Waals surface area contributed by atoms with Gasteiger partial charge >= 0.3 is 12.1 Å². The average Bonchev–Trinajstić information content (AvgIpc) is 4.01. The van der Waals surface area contributed by atoms with Crippen LogP contribution in [0.2, 0.25) is 5.02 Å². The number of carbonyl (C=O) groups excluding carboxylic acids is 7. The third kappa shape index (κ3) is 20.0. The Labute approximate surface area is 463 Å². The SMILES string of the molecule is CCNC(=O)CCN1C(=O)CC(SCCOCCO[C@@H](C)C(=O)O[C@H]2CC(=O)N(C)c3cc(cc(C)c3Cl)C/C(C)=C/C=C/[C@@H](C)[C@@]3(O)CC(OC(=O)N3)[C@@H](C)[C@@H]3O[C@@]23C)C1=O.CCOCCOCCOCCC(=O)CC. The Morgan fingerprint density at radius 2 is 1.61 bits per heavy atom. The van der Waals surface area contributed by atoms with E-state index in [1.807, 2.05) is 71.9 Å². The van der Waals surface area contributed by atoms with Gasteiger partial charge in [0.15, 0.2) is 6.10 Å². The van der Waals surface area contributed by atoms with Crippen molar-refractivity contribution >= 4 is 70.5 Å². The van der Waals surface area contributed by atoms with Gasteiger partial charge in [-0.25, -0.2) is 9.59 Å². The number of amides is 5. The zero-order valence-electron chi connectivity index (χ0n) is 46.6. The van der Waals surface area contributed by atoms with Crippen molar-refractivity contribution in [3.63, 3.8) is 0 Å². The number of Topliss-reactive ketones (excluding diaryl/α,β-unsaturated/α-hetero) is 1. The highest BCUT2D eigenvalue weighted by Gasteiger charge is 2.64.